The Kier molecular flexibility index (Phi) is 11.9. The van der Waals surface area contributed by atoms with E-state index in [4.69, 9.17) is 4.74 Å². The Morgan fingerprint density at radius 2 is 1.00 bits per heavy atom. The van der Waals surface area contributed by atoms with E-state index in [2.05, 4.69) is 13.2 Å². The van der Waals surface area contributed by atoms with E-state index in [0.29, 0.717) is 10.6 Å². The van der Waals surface area contributed by atoms with E-state index in [9.17, 15) is 39.6 Å². The van der Waals surface area contributed by atoms with E-state index in [1.54, 1.807) is 30.3 Å². The van der Waals surface area contributed by atoms with Crippen molar-refractivity contribution in [3.8, 4) is 5.75 Å². The van der Waals surface area contributed by atoms with Crippen LogP contribution < -0.4 is 9.64 Å². The predicted molar refractivity (Wildman–Crippen MR) is 166 cm³/mol. The first kappa shape index (κ1) is 35.5. The van der Waals surface area contributed by atoms with Crippen LogP contribution in [0.5, 0.6) is 5.75 Å². The minimum atomic E-state index is -3.27. The number of benzene rings is 3. The Labute approximate surface area is 256 Å². The first-order valence-corrected chi connectivity index (χ1v) is 18.0. The number of rotatable bonds is 7. The van der Waals surface area contributed by atoms with Crippen molar-refractivity contribution < 1.29 is 44.4 Å². The lowest BCUT2D eigenvalue weighted by molar-refractivity contribution is -0.129. The summed E-state index contributed by atoms with van der Waals surface area (Å²) in [7, 11) is -9.55. The van der Waals surface area contributed by atoms with Gasteiger partial charge in [-0.2, -0.15) is 0 Å². The van der Waals surface area contributed by atoms with Crippen LogP contribution in [-0.2, 0) is 43.9 Å². The molecule has 0 saturated heterocycles. The number of imide groups is 1. The van der Waals surface area contributed by atoms with Crippen LogP contribution in [0, 0.1) is 0 Å². The number of carbonyl (C=O) groups is 3. The average Bonchev–Trinajstić information content (AvgIpc) is 3.30. The molecule has 0 aliphatic carbocycles. The monoisotopic (exact) mass is 659 g/mol. The Bertz CT molecular complexity index is 1890. The normalized spacial score (nSPS) is 12.8. The highest BCUT2D eigenvalue weighted by atomic mass is 32.2. The molecule has 232 valence electrons. The summed E-state index contributed by atoms with van der Waals surface area (Å²) in [6.45, 7) is 6.82. The number of anilines is 1. The number of nitrogens with zero attached hydrogens (tertiary/aromatic N) is 1. The SMILES string of the molecule is C=CC(=O)Oc1ccc(S(C)(=O)=O)cc1.C=Cc1ccc(S(C)(=O)=O)cc1.CS(=O)(=O)c1ccc(N2C(=O)C=CC2=O)cc1. The molecule has 0 saturated carbocycles. The van der Waals surface area contributed by atoms with E-state index >= 15 is 0 Å². The van der Waals surface area contributed by atoms with E-state index in [1.165, 1.54) is 66.9 Å². The summed E-state index contributed by atoms with van der Waals surface area (Å²) in [4.78, 5) is 35.2. The summed E-state index contributed by atoms with van der Waals surface area (Å²) in [5.74, 6) is -1.15. The molecule has 0 unspecified atom stereocenters. The van der Waals surface area contributed by atoms with E-state index in [-0.39, 0.29) is 15.5 Å². The van der Waals surface area contributed by atoms with Crippen LogP contribution in [-0.4, -0.2) is 61.8 Å². The zero-order valence-corrected chi connectivity index (χ0v) is 26.4. The van der Waals surface area contributed by atoms with Crippen molar-refractivity contribution in [2.75, 3.05) is 23.7 Å². The topological polar surface area (TPSA) is 166 Å². The van der Waals surface area contributed by atoms with Gasteiger partial charge in [-0.05, 0) is 66.2 Å². The standard InChI is InChI=1S/C11H9NO4S.C10H10O4S.C9H10O2S/c1-17(15,16)9-4-2-8(3-5-9)12-10(13)6-7-11(12)14;1-3-10(11)14-8-4-6-9(7-5-8)15(2,12)13;1-3-8-4-6-9(7-5-8)12(2,10)11/h2-7H,1H3;3-7H,1H2,2H3;3-7H,1H2,2H3. The van der Waals surface area contributed by atoms with Crippen molar-refractivity contribution >= 4 is 59.1 Å². The van der Waals surface area contributed by atoms with Crippen molar-refractivity contribution in [3.05, 3.63) is 110 Å². The van der Waals surface area contributed by atoms with Crippen LogP contribution in [0.3, 0.4) is 0 Å². The molecule has 1 heterocycles. The molecule has 3 aromatic rings. The molecule has 1 aliphatic rings. The molecule has 14 heteroatoms. The number of amides is 2. The van der Waals surface area contributed by atoms with Crippen molar-refractivity contribution in [3.63, 3.8) is 0 Å². The fourth-order valence-corrected chi connectivity index (χ4v) is 5.15. The van der Waals surface area contributed by atoms with Crippen LogP contribution in [0.1, 0.15) is 5.56 Å². The largest absolute Gasteiger partial charge is 0.423 e. The van der Waals surface area contributed by atoms with Gasteiger partial charge in [0.1, 0.15) is 5.75 Å². The first-order valence-electron chi connectivity index (χ1n) is 12.3. The maximum absolute atomic E-state index is 11.4. The smallest absolute Gasteiger partial charge is 0.335 e. The Balaban J connectivity index is 0.000000234. The van der Waals surface area contributed by atoms with E-state index in [0.717, 1.165) is 29.1 Å². The second kappa shape index (κ2) is 14.7. The van der Waals surface area contributed by atoms with Gasteiger partial charge in [-0.1, -0.05) is 31.4 Å². The zero-order chi connectivity index (χ0) is 33.3. The minimum absolute atomic E-state index is 0.147. The molecule has 11 nitrogen and oxygen atoms in total. The molecule has 44 heavy (non-hydrogen) atoms. The second-order valence-electron chi connectivity index (χ2n) is 9.03. The highest BCUT2D eigenvalue weighted by molar-refractivity contribution is 7.91. The van der Waals surface area contributed by atoms with Gasteiger partial charge in [-0.15, -0.1) is 0 Å². The van der Waals surface area contributed by atoms with Gasteiger partial charge in [0, 0.05) is 37.0 Å². The Hall–Kier alpha value is -4.66. The molecule has 0 fully saturated rings. The number of hydrogen-bond acceptors (Lipinski definition) is 10. The highest BCUT2D eigenvalue weighted by Gasteiger charge is 2.25. The zero-order valence-electron chi connectivity index (χ0n) is 23.9. The fourth-order valence-electron chi connectivity index (χ4n) is 3.26. The third-order valence-electron chi connectivity index (χ3n) is 5.51. The molecule has 0 aromatic heterocycles. The Morgan fingerprint density at radius 3 is 1.34 bits per heavy atom. The molecule has 1 aliphatic heterocycles. The number of carbonyl (C=O) groups excluding carboxylic acids is 3. The van der Waals surface area contributed by atoms with Gasteiger partial charge < -0.3 is 4.74 Å². The highest BCUT2D eigenvalue weighted by Crippen LogP contribution is 2.21. The van der Waals surface area contributed by atoms with Crippen LogP contribution >= 0.6 is 0 Å². The molecule has 0 radical (unpaired) electrons. The van der Waals surface area contributed by atoms with Gasteiger partial charge in [0.05, 0.1) is 20.4 Å². The number of sulfone groups is 3. The molecule has 0 N–H and O–H groups in total. The third kappa shape index (κ3) is 10.6. The lowest BCUT2D eigenvalue weighted by Gasteiger charge is -2.13. The maximum atomic E-state index is 11.4. The minimum Gasteiger partial charge on any atom is -0.423 e. The van der Waals surface area contributed by atoms with Crippen LogP contribution in [0.25, 0.3) is 6.08 Å². The fraction of sp³-hybridized carbons (Fsp3) is 0.100. The molecule has 0 atom stereocenters. The maximum Gasteiger partial charge on any atom is 0.335 e. The summed E-state index contributed by atoms with van der Waals surface area (Å²) in [5.41, 5.74) is 1.28. The molecule has 4 rings (SSSR count). The van der Waals surface area contributed by atoms with Gasteiger partial charge in [0.15, 0.2) is 29.5 Å². The van der Waals surface area contributed by atoms with Gasteiger partial charge in [0.2, 0.25) is 0 Å². The van der Waals surface area contributed by atoms with Crippen molar-refractivity contribution in [1.29, 1.82) is 0 Å². The summed E-state index contributed by atoms with van der Waals surface area (Å²) in [6.07, 6.45) is 8.44. The van der Waals surface area contributed by atoms with Crippen molar-refractivity contribution in [2.24, 2.45) is 0 Å². The second-order valence-corrected chi connectivity index (χ2v) is 15.1. The summed E-state index contributed by atoms with van der Waals surface area (Å²) < 4.78 is 71.5. The van der Waals surface area contributed by atoms with E-state index in [1.807, 2.05) is 0 Å². The lowest BCUT2D eigenvalue weighted by atomic mass is 10.2. The van der Waals surface area contributed by atoms with Gasteiger partial charge >= 0.3 is 5.97 Å². The summed E-state index contributed by atoms with van der Waals surface area (Å²) in [5, 5.41) is 0. The number of hydrogen-bond donors (Lipinski definition) is 0. The summed E-state index contributed by atoms with van der Waals surface area (Å²) in [6, 6.07) is 17.8. The summed E-state index contributed by atoms with van der Waals surface area (Å²) >= 11 is 0. The lowest BCUT2D eigenvalue weighted by Crippen LogP contribution is -2.29. The molecular weight excluding hydrogens is 631 g/mol. The number of ether oxygens (including phenoxy) is 1. The third-order valence-corrected chi connectivity index (χ3v) is 8.90. The van der Waals surface area contributed by atoms with Crippen LogP contribution in [0.15, 0.2) is 119 Å². The van der Waals surface area contributed by atoms with Crippen LogP contribution in [0.4, 0.5) is 5.69 Å². The van der Waals surface area contributed by atoms with Gasteiger partial charge in [-0.3, -0.25) is 9.59 Å². The molecular formula is C30H29NO10S3. The molecule has 3 aromatic carbocycles. The molecule has 2 amide bonds. The predicted octanol–water partition coefficient (Wildman–Crippen LogP) is 3.43. The quantitative estimate of drug-likeness (QED) is 0.159. The average molecular weight is 660 g/mol. The molecule has 0 spiro atoms. The van der Waals surface area contributed by atoms with Crippen molar-refractivity contribution in [1.82, 2.24) is 0 Å². The Morgan fingerprint density at radius 1 is 0.636 bits per heavy atom. The first-order chi connectivity index (χ1) is 20.4. The molecule has 0 bridgehead atoms. The van der Waals surface area contributed by atoms with Crippen LogP contribution in [0.2, 0.25) is 0 Å². The van der Waals surface area contributed by atoms with Gasteiger partial charge in [0.25, 0.3) is 11.8 Å². The van der Waals surface area contributed by atoms with Crippen molar-refractivity contribution in [2.45, 2.75) is 14.7 Å². The van der Waals surface area contributed by atoms with E-state index < -0.39 is 47.3 Å². The van der Waals surface area contributed by atoms with Gasteiger partial charge in [-0.25, -0.2) is 34.9 Å². The number of esters is 1.